The molecule has 0 fully saturated rings. The van der Waals surface area contributed by atoms with Gasteiger partial charge in [-0.25, -0.2) is 4.98 Å². The number of fused-ring (bicyclic) bond motifs is 2. The SMILES string of the molecule is CN1CCCc2cc(CNCc3cc(-c4nc5ccccc5s4)ccc3O)ccc21. The lowest BCUT2D eigenvalue weighted by Crippen LogP contribution is -2.24. The Morgan fingerprint density at radius 2 is 1.97 bits per heavy atom. The number of hydrogen-bond donors (Lipinski definition) is 2. The van der Waals surface area contributed by atoms with Crippen LogP contribution < -0.4 is 10.2 Å². The summed E-state index contributed by atoms with van der Waals surface area (Å²) >= 11 is 1.68. The molecule has 1 aromatic heterocycles. The van der Waals surface area contributed by atoms with Gasteiger partial charge >= 0.3 is 0 Å². The van der Waals surface area contributed by atoms with E-state index in [9.17, 15) is 5.11 Å². The maximum Gasteiger partial charge on any atom is 0.124 e. The summed E-state index contributed by atoms with van der Waals surface area (Å²) in [5.41, 5.74) is 7.02. The second-order valence-corrected chi connectivity index (χ2v) is 8.95. The second kappa shape index (κ2) is 8.09. The molecule has 152 valence electrons. The molecule has 0 spiro atoms. The number of thiazole rings is 1. The Balaban J connectivity index is 1.30. The van der Waals surface area contributed by atoms with Crippen molar-refractivity contribution in [1.29, 1.82) is 0 Å². The van der Waals surface area contributed by atoms with E-state index in [1.54, 1.807) is 17.4 Å². The number of rotatable bonds is 5. The van der Waals surface area contributed by atoms with Gasteiger partial charge in [-0.05, 0) is 60.4 Å². The lowest BCUT2D eigenvalue weighted by atomic mass is 9.99. The average Bonchev–Trinajstić information content (AvgIpc) is 3.19. The molecular formula is C25H25N3OS. The molecular weight excluding hydrogens is 390 g/mol. The molecule has 0 bridgehead atoms. The van der Waals surface area contributed by atoms with Crippen LogP contribution in [0.1, 0.15) is 23.1 Å². The van der Waals surface area contributed by atoms with Gasteiger partial charge in [0.05, 0.1) is 10.2 Å². The van der Waals surface area contributed by atoms with Crippen molar-refractivity contribution >= 4 is 27.2 Å². The van der Waals surface area contributed by atoms with E-state index in [2.05, 4.69) is 41.5 Å². The first-order valence-corrected chi connectivity index (χ1v) is 11.2. The molecule has 3 aromatic carbocycles. The Hall–Kier alpha value is -2.89. The molecule has 4 nitrogen and oxygen atoms in total. The van der Waals surface area contributed by atoms with Crippen LogP contribution in [0.2, 0.25) is 0 Å². The zero-order valence-corrected chi connectivity index (χ0v) is 17.9. The highest BCUT2D eigenvalue weighted by atomic mass is 32.1. The third-order valence-corrected chi connectivity index (χ3v) is 6.85. The summed E-state index contributed by atoms with van der Waals surface area (Å²) in [5, 5.41) is 14.8. The van der Waals surface area contributed by atoms with Crippen molar-refractivity contribution < 1.29 is 5.11 Å². The number of nitrogens with one attached hydrogen (secondary N) is 1. The summed E-state index contributed by atoms with van der Waals surface area (Å²) in [5.74, 6) is 0.319. The average molecular weight is 416 g/mol. The number of phenolic OH excluding ortho intramolecular Hbond substituents is 1. The predicted molar refractivity (Wildman–Crippen MR) is 125 cm³/mol. The normalized spacial score (nSPS) is 13.6. The van der Waals surface area contributed by atoms with Crippen LogP contribution in [0.15, 0.2) is 60.7 Å². The van der Waals surface area contributed by atoms with Crippen molar-refractivity contribution in [3.05, 3.63) is 77.4 Å². The molecule has 0 saturated heterocycles. The molecule has 30 heavy (non-hydrogen) atoms. The molecule has 4 aromatic rings. The van der Waals surface area contributed by atoms with Crippen LogP contribution in [-0.2, 0) is 19.5 Å². The van der Waals surface area contributed by atoms with Crippen molar-refractivity contribution in [2.45, 2.75) is 25.9 Å². The molecule has 0 aliphatic carbocycles. The fraction of sp³-hybridized carbons (Fsp3) is 0.240. The van der Waals surface area contributed by atoms with Crippen LogP contribution in [-0.4, -0.2) is 23.7 Å². The highest BCUT2D eigenvalue weighted by Crippen LogP contribution is 2.32. The summed E-state index contributed by atoms with van der Waals surface area (Å²) in [6.45, 7) is 2.53. The number of phenols is 1. The molecule has 1 aliphatic heterocycles. The van der Waals surface area contributed by atoms with Crippen molar-refractivity contribution in [3.8, 4) is 16.3 Å². The van der Waals surface area contributed by atoms with E-state index < -0.39 is 0 Å². The van der Waals surface area contributed by atoms with Gasteiger partial charge in [-0.2, -0.15) is 0 Å². The van der Waals surface area contributed by atoms with E-state index in [1.165, 1.54) is 27.9 Å². The van der Waals surface area contributed by atoms with Crippen molar-refractivity contribution in [2.24, 2.45) is 0 Å². The summed E-state index contributed by atoms with van der Waals surface area (Å²) < 4.78 is 1.18. The second-order valence-electron chi connectivity index (χ2n) is 7.92. The molecule has 2 heterocycles. The van der Waals surface area contributed by atoms with Gasteiger partial charge in [-0.15, -0.1) is 11.3 Å². The van der Waals surface area contributed by atoms with Crippen molar-refractivity contribution in [3.63, 3.8) is 0 Å². The highest BCUT2D eigenvalue weighted by Gasteiger charge is 2.14. The molecule has 0 atom stereocenters. The van der Waals surface area contributed by atoms with E-state index >= 15 is 0 Å². The first kappa shape index (κ1) is 19.1. The van der Waals surface area contributed by atoms with E-state index in [0.29, 0.717) is 12.3 Å². The summed E-state index contributed by atoms with van der Waals surface area (Å²) in [6.07, 6.45) is 2.37. The minimum absolute atomic E-state index is 0.319. The van der Waals surface area contributed by atoms with Gasteiger partial charge in [0, 0.05) is 43.5 Å². The minimum Gasteiger partial charge on any atom is -0.508 e. The molecule has 1 aliphatic rings. The quantitative estimate of drug-likeness (QED) is 0.462. The van der Waals surface area contributed by atoms with Gasteiger partial charge in [0.15, 0.2) is 0 Å². The van der Waals surface area contributed by atoms with Crippen molar-refractivity contribution in [2.75, 3.05) is 18.5 Å². The van der Waals surface area contributed by atoms with Crippen LogP contribution in [0.3, 0.4) is 0 Å². The van der Waals surface area contributed by atoms with Crippen molar-refractivity contribution in [1.82, 2.24) is 10.3 Å². The first-order chi connectivity index (χ1) is 14.7. The van der Waals surface area contributed by atoms with Gasteiger partial charge in [0.2, 0.25) is 0 Å². The topological polar surface area (TPSA) is 48.4 Å². The fourth-order valence-corrected chi connectivity index (χ4v) is 5.11. The lowest BCUT2D eigenvalue weighted by molar-refractivity contribution is 0.464. The molecule has 0 unspecified atom stereocenters. The Bertz CT molecular complexity index is 1170. The molecule has 0 radical (unpaired) electrons. The molecule has 5 rings (SSSR count). The minimum atomic E-state index is 0.319. The predicted octanol–water partition coefficient (Wildman–Crippen LogP) is 5.34. The molecule has 0 saturated carbocycles. The number of anilines is 1. The molecule has 2 N–H and O–H groups in total. The Morgan fingerprint density at radius 3 is 2.87 bits per heavy atom. The fourth-order valence-electron chi connectivity index (χ4n) is 4.15. The maximum atomic E-state index is 10.3. The third-order valence-electron chi connectivity index (χ3n) is 5.76. The van der Waals surface area contributed by atoms with E-state index in [1.807, 2.05) is 30.3 Å². The zero-order chi connectivity index (χ0) is 20.5. The number of aromatic nitrogens is 1. The summed E-state index contributed by atoms with van der Waals surface area (Å²) in [6, 6.07) is 20.7. The first-order valence-electron chi connectivity index (χ1n) is 10.4. The van der Waals surface area contributed by atoms with Gasteiger partial charge in [0.1, 0.15) is 10.8 Å². The maximum absolute atomic E-state index is 10.3. The largest absolute Gasteiger partial charge is 0.508 e. The van der Waals surface area contributed by atoms with Crippen LogP contribution in [0.5, 0.6) is 5.75 Å². The number of para-hydroxylation sites is 1. The van der Waals surface area contributed by atoms with Gasteiger partial charge in [-0.1, -0.05) is 24.3 Å². The van der Waals surface area contributed by atoms with Crippen LogP contribution >= 0.6 is 11.3 Å². The highest BCUT2D eigenvalue weighted by molar-refractivity contribution is 7.21. The van der Waals surface area contributed by atoms with Gasteiger partial charge < -0.3 is 15.3 Å². The van der Waals surface area contributed by atoms with Crippen LogP contribution in [0.25, 0.3) is 20.8 Å². The Labute approximate surface area is 180 Å². The number of nitrogens with zero attached hydrogens (tertiary/aromatic N) is 2. The van der Waals surface area contributed by atoms with Gasteiger partial charge in [-0.3, -0.25) is 0 Å². The Kier molecular flexibility index (Phi) is 5.15. The molecule has 0 amide bonds. The zero-order valence-electron chi connectivity index (χ0n) is 17.1. The van der Waals surface area contributed by atoms with Crippen LogP contribution in [0, 0.1) is 0 Å². The Morgan fingerprint density at radius 1 is 1.07 bits per heavy atom. The summed E-state index contributed by atoms with van der Waals surface area (Å²) in [7, 11) is 2.16. The van der Waals surface area contributed by atoms with Gasteiger partial charge in [0.25, 0.3) is 0 Å². The third kappa shape index (κ3) is 3.78. The van der Waals surface area contributed by atoms with Crippen LogP contribution in [0.4, 0.5) is 5.69 Å². The number of hydrogen-bond acceptors (Lipinski definition) is 5. The number of benzene rings is 3. The van der Waals surface area contributed by atoms with E-state index in [0.717, 1.165) is 41.2 Å². The smallest absolute Gasteiger partial charge is 0.124 e. The monoisotopic (exact) mass is 415 g/mol. The standard InChI is InChI=1S/C25H25N3OS/c1-28-12-4-5-18-13-17(8-10-22(18)28)15-26-16-20-14-19(9-11-23(20)29)25-27-21-6-2-3-7-24(21)30-25/h2-3,6-11,13-14,26,29H,4-5,12,15-16H2,1H3. The lowest BCUT2D eigenvalue weighted by Gasteiger charge is -2.27. The number of aryl methyl sites for hydroxylation is 1. The van der Waals surface area contributed by atoms with E-state index in [-0.39, 0.29) is 0 Å². The summed E-state index contributed by atoms with van der Waals surface area (Å²) in [4.78, 5) is 7.08. The number of aromatic hydroxyl groups is 1. The van der Waals surface area contributed by atoms with E-state index in [4.69, 9.17) is 4.98 Å². The molecule has 5 heteroatoms.